The third-order valence-corrected chi connectivity index (χ3v) is 44.3. The Bertz CT molecular complexity index is 9380. The van der Waals surface area contributed by atoms with E-state index in [0.717, 1.165) is 0 Å². The van der Waals surface area contributed by atoms with Gasteiger partial charge in [-0.15, -0.1) is 0 Å². The fourth-order valence-electron chi connectivity index (χ4n) is 26.6. The molecule has 4 aliphatic carbocycles. The summed E-state index contributed by atoms with van der Waals surface area (Å²) >= 11 is -1.35. The van der Waals surface area contributed by atoms with Crippen LogP contribution in [0.5, 0.6) is 0 Å². The molecule has 6 aliphatic rings. The Labute approximate surface area is 831 Å². The van der Waals surface area contributed by atoms with Gasteiger partial charge < -0.3 is 0 Å². The van der Waals surface area contributed by atoms with Crippen LogP contribution in [0.4, 0.5) is 0 Å². The van der Waals surface area contributed by atoms with E-state index in [4.69, 9.17) is 0 Å². The molecule has 0 aromatic heterocycles. The predicted octanol–water partition coefficient (Wildman–Crippen LogP) is 26.5. The molecule has 0 radical (unpaired) electrons. The van der Waals surface area contributed by atoms with Crippen molar-refractivity contribution in [2.45, 2.75) is 10.8 Å². The van der Waals surface area contributed by atoms with Gasteiger partial charge in [0.1, 0.15) is 0 Å². The second-order valence-corrected chi connectivity index (χ2v) is 51.0. The van der Waals surface area contributed by atoms with Crippen LogP contribution in [0, 0.1) is 0 Å². The van der Waals surface area contributed by atoms with E-state index >= 15 is 0 Å². The van der Waals surface area contributed by atoms with Crippen molar-refractivity contribution in [3.05, 3.63) is 518 Å². The molecule has 0 fully saturated rings. The summed E-state index contributed by atoms with van der Waals surface area (Å²) in [5, 5.41) is 15.4. The van der Waals surface area contributed by atoms with Crippen LogP contribution in [0.3, 0.4) is 0 Å². The summed E-state index contributed by atoms with van der Waals surface area (Å²) in [6.45, 7) is 0. The maximum absolute atomic E-state index is 2.57. The molecule has 2 heterocycles. The molecule has 0 unspecified atom stereocenters. The number of benzene rings is 24. The summed E-state index contributed by atoms with van der Waals surface area (Å²) in [6, 6.07) is 182. The number of hydrogen-bond acceptors (Lipinski definition) is 0. The zero-order valence-electron chi connectivity index (χ0n) is 76.4. The van der Waals surface area contributed by atoms with E-state index in [1.807, 2.05) is 0 Å². The molecule has 0 nitrogen and oxygen atoms in total. The molecule has 138 heavy (non-hydrogen) atoms. The van der Waals surface area contributed by atoms with Crippen LogP contribution in [0.2, 0.25) is 0 Å². The third-order valence-electron chi connectivity index (χ3n) is 32.1. The second kappa shape index (κ2) is 31.3. The molecule has 24 aromatic carbocycles. The van der Waals surface area contributed by atoms with Gasteiger partial charge in [0.2, 0.25) is 0 Å². The van der Waals surface area contributed by atoms with Gasteiger partial charge in [-0.2, -0.15) is 0 Å². The van der Waals surface area contributed by atoms with Crippen molar-refractivity contribution in [1.82, 2.24) is 0 Å². The van der Waals surface area contributed by atoms with Gasteiger partial charge in [-0.3, -0.25) is 0 Å². The van der Waals surface area contributed by atoms with Gasteiger partial charge in [0.05, 0.1) is 0 Å². The molecule has 0 bridgehead atoms. The van der Waals surface area contributed by atoms with E-state index in [1.165, 1.54) is 274 Å². The maximum atomic E-state index is 2.57. The van der Waals surface area contributed by atoms with E-state index in [-0.39, 0.29) is 0 Å². The van der Waals surface area contributed by atoms with Crippen LogP contribution in [-0.2, 0) is 10.8 Å². The SMILES string of the molecule is [GeH3][c]1ccccc1-c1cccc(-c2cccc3c(-c4cc5ccccc5c5c4C4(c6ccccc6-c6ccccc64)c4ccccc4-5)c4cccc(-c5cccc6[c]5[GeH2][c]5ccccc5-6)c4cc23)c1.[GeH3][c]1ccccc1-c1ccccc1-c1cccc2c(-c3cc4ccccc4c4c3C3(c5ccccc5-c5ccccc53)c3ccccc3-4)c3cccc(-c4ccc[c]5c4-c4cccc[c]4[GeH2]5)c3cc12. The first-order valence-corrected chi connectivity index (χ1v) is 58.9. The fraction of sp³-hybridized carbons (Fsp3) is 0.0149. The Morgan fingerprint density at radius 1 is 0.152 bits per heavy atom. The van der Waals surface area contributed by atoms with Crippen molar-refractivity contribution in [2.75, 3.05) is 0 Å². The van der Waals surface area contributed by atoms with Gasteiger partial charge >= 0.3 is 772 Å². The van der Waals surface area contributed by atoms with Gasteiger partial charge in [0, 0.05) is 0 Å². The molecule has 24 aromatic rings. The molecule has 640 valence electrons. The zero-order valence-corrected chi connectivity index (χ0v) is 90.8. The zero-order chi connectivity index (χ0) is 90.7. The molecular formula is C134H88Ge4. The quantitative estimate of drug-likeness (QED) is 0.105. The summed E-state index contributed by atoms with van der Waals surface area (Å²) in [7, 11) is 0. The molecular weight excluding hydrogens is 1900 g/mol. The van der Waals surface area contributed by atoms with E-state index in [9.17, 15) is 0 Å². The van der Waals surface area contributed by atoms with E-state index < -0.39 is 41.7 Å². The molecule has 0 amide bonds. The van der Waals surface area contributed by atoms with Crippen LogP contribution in [0.25, 0.3) is 220 Å². The summed E-state index contributed by atoms with van der Waals surface area (Å²) in [6.07, 6.45) is 0. The molecule has 0 atom stereocenters. The Kier molecular flexibility index (Phi) is 18.2. The number of rotatable bonds is 8. The minimum atomic E-state index is -1.28. The molecule has 4 heteroatoms. The van der Waals surface area contributed by atoms with Gasteiger partial charge in [-0.1, -0.05) is 66.7 Å². The minimum absolute atomic E-state index is 0.521. The summed E-state index contributed by atoms with van der Waals surface area (Å²) in [5.74, 6) is 0. The van der Waals surface area contributed by atoms with Crippen LogP contribution < -0.4 is 26.4 Å². The Morgan fingerprint density at radius 2 is 0.449 bits per heavy atom. The summed E-state index contributed by atoms with van der Waals surface area (Å²) < 4.78 is 9.30. The Hall–Kier alpha value is -15.0. The van der Waals surface area contributed by atoms with Gasteiger partial charge in [-0.25, -0.2) is 0 Å². The molecule has 0 saturated carbocycles. The van der Waals surface area contributed by atoms with Crippen molar-refractivity contribution in [1.29, 1.82) is 0 Å². The van der Waals surface area contributed by atoms with E-state index in [2.05, 4.69) is 473 Å². The van der Waals surface area contributed by atoms with Crippen molar-refractivity contribution in [2.24, 2.45) is 0 Å². The number of fused-ring (bicyclic) bond motifs is 34. The molecule has 2 aliphatic heterocycles. The average molecular weight is 1990 g/mol. The van der Waals surface area contributed by atoms with Crippen LogP contribution >= 0.6 is 0 Å². The number of hydrogen-bond donors (Lipinski definition) is 0. The van der Waals surface area contributed by atoms with Crippen molar-refractivity contribution < 1.29 is 0 Å². The molecule has 30 rings (SSSR count). The van der Waals surface area contributed by atoms with Gasteiger partial charge in [0.25, 0.3) is 0 Å². The van der Waals surface area contributed by atoms with Gasteiger partial charge in [-0.05, 0) is 0 Å². The van der Waals surface area contributed by atoms with Gasteiger partial charge in [0.15, 0.2) is 0 Å². The monoisotopic (exact) mass is 1990 g/mol. The normalized spacial score (nSPS) is 13.7. The van der Waals surface area contributed by atoms with E-state index in [1.54, 1.807) is 17.6 Å². The Morgan fingerprint density at radius 3 is 0.942 bits per heavy atom. The summed E-state index contributed by atoms with van der Waals surface area (Å²) in [4.78, 5) is 0. The van der Waals surface area contributed by atoms with Crippen LogP contribution in [-0.4, -0.2) is 63.9 Å². The topological polar surface area (TPSA) is 0 Å². The predicted molar refractivity (Wildman–Crippen MR) is 600 cm³/mol. The molecule has 0 saturated heterocycles. The molecule has 0 N–H and O–H groups in total. The summed E-state index contributed by atoms with van der Waals surface area (Å²) in [5.41, 5.74) is 47.2. The second-order valence-electron chi connectivity index (χ2n) is 38.8. The van der Waals surface area contributed by atoms with E-state index in [0.29, 0.717) is 33.0 Å². The third kappa shape index (κ3) is 11.5. The van der Waals surface area contributed by atoms with Crippen molar-refractivity contribution >= 4 is 155 Å². The first kappa shape index (κ1) is 80.3. The van der Waals surface area contributed by atoms with Crippen molar-refractivity contribution in [3.8, 4) is 156 Å². The molecule has 2 spiro atoms. The van der Waals surface area contributed by atoms with Crippen molar-refractivity contribution in [3.63, 3.8) is 0 Å². The average Bonchev–Trinajstić information content (AvgIpc) is 1.50. The van der Waals surface area contributed by atoms with Crippen LogP contribution in [0.1, 0.15) is 44.5 Å². The first-order valence-electron chi connectivity index (χ1n) is 48.8. The van der Waals surface area contributed by atoms with Crippen LogP contribution in [0.15, 0.2) is 473 Å². The standard InChI is InChI=1S/2C67H44Ge2/c68-61-35-11-6-20-44(61)41-19-13-18-40(37-41)43-26-14-28-50-55(43)39-56-46(52-30-16-31-53-49-24-7-12-36-62(49)69-66(52)53)27-15-29-51(56)63(50)57-38-42-17-1-2-21-45(42)64-54-25-5-10-34-60(54)67(65(57)64)58-32-8-3-22-47(58)48-23-4-9-33-59(48)67;68-60-35-13-8-24-48(60)43-21-4-3-20-42(43)44-27-15-29-50-54(44)39-55-45(49-31-17-37-62-64(49)53-26-9-14-36-61(53)69-62)28-16-30-51(55)63(50)56-38-40-18-1-2-19-41(40)65-52-25-7-12-34-59(52)67(66(56)65)57-32-10-5-22-46(57)47-23-6-11-33-58(47)67/h2*1-39H,69H2,68H3. The fourth-order valence-corrected chi connectivity index (χ4v) is 37.9. The first-order chi connectivity index (χ1) is 68.3. The Balaban J connectivity index is 0.000000133.